The van der Waals surface area contributed by atoms with Crippen molar-refractivity contribution in [3.05, 3.63) is 34.9 Å². The van der Waals surface area contributed by atoms with Crippen molar-refractivity contribution in [1.29, 1.82) is 0 Å². The maximum absolute atomic E-state index is 5.93. The second-order valence-corrected chi connectivity index (χ2v) is 11.4. The van der Waals surface area contributed by atoms with E-state index in [0.29, 0.717) is 6.61 Å². The van der Waals surface area contributed by atoms with E-state index in [1.54, 1.807) is 0 Å². The van der Waals surface area contributed by atoms with E-state index in [9.17, 15) is 0 Å². The number of rotatable bonds is 6. The maximum Gasteiger partial charge on any atom is 0.0725 e. The van der Waals surface area contributed by atoms with Gasteiger partial charge in [-0.25, -0.2) is 0 Å². The molecule has 96 valence electrons. The quantitative estimate of drug-likeness (QED) is 0.579. The zero-order chi connectivity index (χ0) is 12.9. The lowest BCUT2D eigenvalue weighted by molar-refractivity contribution is -0.126. The minimum atomic E-state index is -1.08. The summed E-state index contributed by atoms with van der Waals surface area (Å²) in [4.78, 5) is 5.69. The molecule has 4 heteroatoms. The summed E-state index contributed by atoms with van der Waals surface area (Å²) in [6, 6.07) is 7.93. The minimum Gasteiger partial charge on any atom is -0.299 e. The van der Waals surface area contributed by atoms with Gasteiger partial charge in [0, 0.05) is 18.2 Å². The molecule has 0 amide bonds. The SMILES string of the molecule is CN(C[Si](C)(C)C)OCCc1cccc(Cl)c1. The second kappa shape index (κ2) is 6.54. The molecular formula is C13H22ClNOSi. The van der Waals surface area contributed by atoms with E-state index in [0.717, 1.165) is 17.6 Å². The monoisotopic (exact) mass is 271 g/mol. The Morgan fingerprint density at radius 3 is 2.59 bits per heavy atom. The van der Waals surface area contributed by atoms with Crippen molar-refractivity contribution >= 4 is 19.7 Å². The van der Waals surface area contributed by atoms with E-state index in [4.69, 9.17) is 16.4 Å². The van der Waals surface area contributed by atoms with Crippen LogP contribution in [0.1, 0.15) is 5.56 Å². The first-order valence-corrected chi connectivity index (χ1v) is 10.0. The first-order valence-electron chi connectivity index (χ1n) is 5.95. The zero-order valence-corrected chi connectivity index (χ0v) is 12.9. The van der Waals surface area contributed by atoms with E-state index in [2.05, 4.69) is 25.7 Å². The molecule has 0 N–H and O–H groups in total. The summed E-state index contributed by atoms with van der Waals surface area (Å²) in [5.41, 5.74) is 1.22. The van der Waals surface area contributed by atoms with Gasteiger partial charge in [-0.2, -0.15) is 5.06 Å². The van der Waals surface area contributed by atoms with Crippen molar-refractivity contribution in [3.63, 3.8) is 0 Å². The summed E-state index contributed by atoms with van der Waals surface area (Å²) in [5.74, 6) is 0. The third kappa shape index (κ3) is 6.84. The van der Waals surface area contributed by atoms with E-state index in [1.165, 1.54) is 5.56 Å². The molecule has 0 saturated carbocycles. The van der Waals surface area contributed by atoms with Crippen LogP contribution in [0.4, 0.5) is 0 Å². The van der Waals surface area contributed by atoms with Gasteiger partial charge >= 0.3 is 0 Å². The predicted octanol–water partition coefficient (Wildman–Crippen LogP) is 3.62. The molecule has 0 spiro atoms. The molecule has 0 heterocycles. The molecule has 0 aromatic heterocycles. The Kier molecular flexibility index (Phi) is 5.66. The first-order chi connectivity index (χ1) is 7.87. The highest BCUT2D eigenvalue weighted by molar-refractivity contribution is 6.76. The number of halogens is 1. The lowest BCUT2D eigenvalue weighted by atomic mass is 10.2. The van der Waals surface area contributed by atoms with Gasteiger partial charge in [0.2, 0.25) is 0 Å². The highest BCUT2D eigenvalue weighted by Gasteiger charge is 2.16. The van der Waals surface area contributed by atoms with E-state index < -0.39 is 8.07 Å². The Hall–Kier alpha value is -0.353. The highest BCUT2D eigenvalue weighted by Crippen LogP contribution is 2.11. The maximum atomic E-state index is 5.93. The molecule has 0 atom stereocenters. The molecule has 1 aromatic rings. The summed E-state index contributed by atoms with van der Waals surface area (Å²) in [5, 5.41) is 2.76. The lowest BCUT2D eigenvalue weighted by Gasteiger charge is -2.24. The van der Waals surface area contributed by atoms with Crippen molar-refractivity contribution in [2.24, 2.45) is 0 Å². The van der Waals surface area contributed by atoms with Gasteiger partial charge in [-0.1, -0.05) is 43.4 Å². The van der Waals surface area contributed by atoms with Crippen molar-refractivity contribution in [3.8, 4) is 0 Å². The molecule has 0 unspecified atom stereocenters. The Bertz CT molecular complexity index is 352. The molecule has 17 heavy (non-hydrogen) atoms. The summed E-state index contributed by atoms with van der Waals surface area (Å²) in [7, 11) is 0.931. The minimum absolute atomic E-state index is 0.710. The fourth-order valence-electron chi connectivity index (χ4n) is 1.73. The predicted molar refractivity (Wildman–Crippen MR) is 77.1 cm³/mol. The van der Waals surface area contributed by atoms with E-state index in [1.807, 2.05) is 30.3 Å². The summed E-state index contributed by atoms with van der Waals surface area (Å²) >= 11 is 5.93. The zero-order valence-electron chi connectivity index (χ0n) is 11.2. The topological polar surface area (TPSA) is 12.5 Å². The fourth-order valence-corrected chi connectivity index (χ4v) is 3.37. The number of hydrogen-bond donors (Lipinski definition) is 0. The molecule has 0 fully saturated rings. The Labute approximate surface area is 110 Å². The molecular weight excluding hydrogens is 250 g/mol. The van der Waals surface area contributed by atoms with Crippen LogP contribution in [0.3, 0.4) is 0 Å². The average Bonchev–Trinajstić information content (AvgIpc) is 2.14. The van der Waals surface area contributed by atoms with Crippen LogP contribution in [0.15, 0.2) is 24.3 Å². The summed E-state index contributed by atoms with van der Waals surface area (Å²) in [6.45, 7) is 7.72. The second-order valence-electron chi connectivity index (χ2n) is 5.56. The number of hydroxylamine groups is 2. The van der Waals surface area contributed by atoms with Crippen LogP contribution in [0.25, 0.3) is 0 Å². The van der Waals surface area contributed by atoms with Crippen LogP contribution in [0.2, 0.25) is 24.7 Å². The third-order valence-electron chi connectivity index (χ3n) is 2.29. The van der Waals surface area contributed by atoms with Crippen molar-refractivity contribution in [2.45, 2.75) is 26.1 Å². The van der Waals surface area contributed by atoms with Crippen molar-refractivity contribution < 1.29 is 4.84 Å². The molecule has 0 aliphatic carbocycles. The number of benzene rings is 1. The van der Waals surface area contributed by atoms with Gasteiger partial charge < -0.3 is 0 Å². The van der Waals surface area contributed by atoms with Gasteiger partial charge in [0.25, 0.3) is 0 Å². The van der Waals surface area contributed by atoms with Gasteiger partial charge in [-0.15, -0.1) is 0 Å². The van der Waals surface area contributed by atoms with Crippen molar-refractivity contribution in [1.82, 2.24) is 5.06 Å². The number of hydrogen-bond acceptors (Lipinski definition) is 2. The first kappa shape index (κ1) is 14.7. The number of nitrogens with zero attached hydrogens (tertiary/aromatic N) is 1. The van der Waals surface area contributed by atoms with Gasteiger partial charge in [-0.05, 0) is 24.1 Å². The molecule has 0 saturated heterocycles. The molecule has 2 nitrogen and oxygen atoms in total. The van der Waals surface area contributed by atoms with Crippen molar-refractivity contribution in [2.75, 3.05) is 19.8 Å². The largest absolute Gasteiger partial charge is 0.299 e. The van der Waals surface area contributed by atoms with Gasteiger partial charge in [-0.3, -0.25) is 4.84 Å². The van der Waals surface area contributed by atoms with E-state index in [-0.39, 0.29) is 0 Å². The normalized spacial score (nSPS) is 12.1. The van der Waals surface area contributed by atoms with Gasteiger partial charge in [0.05, 0.1) is 14.7 Å². The van der Waals surface area contributed by atoms with Gasteiger partial charge in [0.15, 0.2) is 0 Å². The molecule has 0 bridgehead atoms. The van der Waals surface area contributed by atoms with Crippen LogP contribution < -0.4 is 0 Å². The molecule has 0 radical (unpaired) electrons. The van der Waals surface area contributed by atoms with Crippen LogP contribution in [-0.2, 0) is 11.3 Å². The Morgan fingerprint density at radius 2 is 2.00 bits per heavy atom. The smallest absolute Gasteiger partial charge is 0.0725 e. The average molecular weight is 272 g/mol. The standard InChI is InChI=1S/C13H22ClNOSi/c1-15(11-17(2,3)4)16-9-8-12-6-5-7-13(14)10-12/h5-7,10H,8-9,11H2,1-4H3. The fraction of sp³-hybridized carbons (Fsp3) is 0.538. The Morgan fingerprint density at radius 1 is 1.29 bits per heavy atom. The molecule has 1 rings (SSSR count). The van der Waals surface area contributed by atoms with Crippen LogP contribution in [-0.4, -0.2) is 33.0 Å². The highest BCUT2D eigenvalue weighted by atomic mass is 35.5. The van der Waals surface area contributed by atoms with Crippen LogP contribution in [0, 0.1) is 0 Å². The summed E-state index contributed by atoms with van der Waals surface area (Å²) < 4.78 is 0. The molecule has 0 aliphatic heterocycles. The summed E-state index contributed by atoms with van der Waals surface area (Å²) in [6.07, 6.45) is 1.96. The van der Waals surface area contributed by atoms with Crippen LogP contribution >= 0.6 is 11.6 Å². The lowest BCUT2D eigenvalue weighted by Crippen LogP contribution is -2.38. The molecule has 1 aromatic carbocycles. The third-order valence-corrected chi connectivity index (χ3v) is 3.92. The molecule has 0 aliphatic rings. The van der Waals surface area contributed by atoms with Crippen LogP contribution in [0.5, 0.6) is 0 Å². The van der Waals surface area contributed by atoms with E-state index >= 15 is 0 Å². The van der Waals surface area contributed by atoms with Gasteiger partial charge in [0.1, 0.15) is 0 Å². The Balaban J connectivity index is 2.28.